The highest BCUT2D eigenvalue weighted by molar-refractivity contribution is 6.05. The quantitative estimate of drug-likeness (QED) is 0.595. The van der Waals surface area contributed by atoms with Gasteiger partial charge in [0.15, 0.2) is 0 Å². The lowest BCUT2D eigenvalue weighted by molar-refractivity contribution is -0.144. The number of amides is 2. The molecule has 0 unspecified atom stereocenters. The van der Waals surface area contributed by atoms with Crippen molar-refractivity contribution in [3.05, 3.63) is 53.6 Å². The predicted octanol–water partition coefficient (Wildman–Crippen LogP) is 3.65. The smallest absolute Gasteiger partial charge is 0.262 e. The number of hydrogen-bond donors (Lipinski definition) is 0. The molecule has 1 fully saturated rings. The first-order chi connectivity index (χ1) is 16.4. The van der Waals surface area contributed by atoms with E-state index in [1.54, 1.807) is 34.4 Å². The fraction of sp³-hybridized carbons (Fsp3) is 0.423. The van der Waals surface area contributed by atoms with Crippen molar-refractivity contribution in [2.75, 3.05) is 34.9 Å². The van der Waals surface area contributed by atoms with E-state index in [0.29, 0.717) is 17.9 Å². The van der Waals surface area contributed by atoms with Gasteiger partial charge in [-0.1, -0.05) is 18.6 Å². The number of benzene rings is 2. The predicted molar refractivity (Wildman–Crippen MR) is 128 cm³/mol. The first kappa shape index (κ1) is 23.6. The summed E-state index contributed by atoms with van der Waals surface area (Å²) < 4.78 is 16.2. The van der Waals surface area contributed by atoms with Gasteiger partial charge in [0.05, 0.1) is 33.1 Å². The summed E-state index contributed by atoms with van der Waals surface area (Å²) in [5.74, 6) is 1.88. The molecule has 0 N–H and O–H groups in total. The lowest BCUT2D eigenvalue weighted by atomic mass is 9.84. The highest BCUT2D eigenvalue weighted by atomic mass is 16.5. The van der Waals surface area contributed by atoms with Crippen LogP contribution in [-0.4, -0.2) is 62.4 Å². The van der Waals surface area contributed by atoms with Crippen molar-refractivity contribution in [3.8, 4) is 17.2 Å². The van der Waals surface area contributed by atoms with Gasteiger partial charge in [-0.3, -0.25) is 9.59 Å². The molecule has 0 spiro atoms. The van der Waals surface area contributed by atoms with Crippen LogP contribution in [0.15, 0.2) is 47.6 Å². The van der Waals surface area contributed by atoms with E-state index in [4.69, 9.17) is 19.3 Å². The standard InChI is InChI=1S/C26H31N3O5/c1-28(26(31)18-6-5-7-18)16-25(30)29-23(17-8-10-19(32-2)11-9-17)15-22(27-29)21-13-12-20(33-3)14-24(21)34-4/h8-14,18,23H,5-7,15-16H2,1-4H3/t23-/m1/s1. The molecule has 4 rings (SSSR count). The van der Waals surface area contributed by atoms with Crippen molar-refractivity contribution >= 4 is 17.5 Å². The minimum atomic E-state index is -0.299. The Balaban J connectivity index is 1.63. The summed E-state index contributed by atoms with van der Waals surface area (Å²) in [6.07, 6.45) is 3.38. The van der Waals surface area contributed by atoms with E-state index >= 15 is 0 Å². The van der Waals surface area contributed by atoms with Gasteiger partial charge in [0.1, 0.15) is 23.8 Å². The van der Waals surface area contributed by atoms with E-state index in [9.17, 15) is 9.59 Å². The Morgan fingerprint density at radius 1 is 1.00 bits per heavy atom. The SMILES string of the molecule is COc1ccc([C@H]2CC(c3ccc(OC)cc3OC)=NN2C(=O)CN(C)C(=O)C2CCC2)cc1. The van der Waals surface area contributed by atoms with Crippen LogP contribution in [0, 0.1) is 5.92 Å². The van der Waals surface area contributed by atoms with E-state index < -0.39 is 0 Å². The number of hydrazone groups is 1. The molecule has 1 saturated carbocycles. The second kappa shape index (κ2) is 10.2. The highest BCUT2D eigenvalue weighted by Gasteiger charge is 2.36. The van der Waals surface area contributed by atoms with Crippen LogP contribution in [0.2, 0.25) is 0 Å². The molecule has 2 aliphatic rings. The van der Waals surface area contributed by atoms with E-state index in [1.807, 2.05) is 36.4 Å². The van der Waals surface area contributed by atoms with Gasteiger partial charge in [-0.2, -0.15) is 5.10 Å². The maximum atomic E-state index is 13.4. The van der Waals surface area contributed by atoms with Crippen LogP contribution in [0.25, 0.3) is 0 Å². The molecule has 2 amide bonds. The van der Waals surface area contributed by atoms with Crippen molar-refractivity contribution in [1.29, 1.82) is 0 Å². The summed E-state index contributed by atoms with van der Waals surface area (Å²) >= 11 is 0. The van der Waals surface area contributed by atoms with Crippen molar-refractivity contribution in [2.45, 2.75) is 31.7 Å². The molecule has 2 aromatic rings. The fourth-order valence-electron chi connectivity index (χ4n) is 4.35. The summed E-state index contributed by atoms with van der Waals surface area (Å²) in [4.78, 5) is 27.5. The number of carbonyl (C=O) groups excluding carboxylic acids is 2. The van der Waals surface area contributed by atoms with Gasteiger partial charge in [-0.15, -0.1) is 0 Å². The monoisotopic (exact) mass is 465 g/mol. The van der Waals surface area contributed by atoms with Crippen molar-refractivity contribution in [2.24, 2.45) is 11.0 Å². The number of likely N-dealkylation sites (N-methyl/N-ethyl adjacent to an activating group) is 1. The molecular formula is C26H31N3O5. The third-order valence-electron chi connectivity index (χ3n) is 6.59. The van der Waals surface area contributed by atoms with Gasteiger partial charge >= 0.3 is 0 Å². The van der Waals surface area contributed by atoms with Crippen molar-refractivity contribution < 1.29 is 23.8 Å². The molecule has 180 valence electrons. The molecule has 1 heterocycles. The molecule has 0 radical (unpaired) electrons. The number of nitrogens with zero attached hydrogens (tertiary/aromatic N) is 3. The van der Waals surface area contributed by atoms with Crippen molar-refractivity contribution in [1.82, 2.24) is 9.91 Å². The van der Waals surface area contributed by atoms with Crippen LogP contribution < -0.4 is 14.2 Å². The second-order valence-electron chi connectivity index (χ2n) is 8.67. The van der Waals surface area contributed by atoms with Crippen molar-refractivity contribution in [3.63, 3.8) is 0 Å². The number of methoxy groups -OCH3 is 3. The molecule has 34 heavy (non-hydrogen) atoms. The zero-order valence-corrected chi connectivity index (χ0v) is 20.1. The Bertz CT molecular complexity index is 1080. The van der Waals surface area contributed by atoms with Gasteiger partial charge in [0, 0.05) is 31.0 Å². The lowest BCUT2D eigenvalue weighted by Crippen LogP contribution is -2.42. The molecule has 8 nitrogen and oxygen atoms in total. The minimum Gasteiger partial charge on any atom is -0.497 e. The summed E-state index contributed by atoms with van der Waals surface area (Å²) in [6.45, 7) is -0.0154. The number of carbonyl (C=O) groups is 2. The zero-order chi connectivity index (χ0) is 24.2. The second-order valence-corrected chi connectivity index (χ2v) is 8.67. The Hall–Kier alpha value is -3.55. The highest BCUT2D eigenvalue weighted by Crippen LogP contribution is 2.37. The lowest BCUT2D eigenvalue weighted by Gasteiger charge is -2.30. The zero-order valence-electron chi connectivity index (χ0n) is 20.1. The van der Waals surface area contributed by atoms with Gasteiger partial charge < -0.3 is 19.1 Å². The number of rotatable bonds is 8. The maximum absolute atomic E-state index is 13.4. The summed E-state index contributed by atoms with van der Waals surface area (Å²) in [7, 11) is 6.50. The first-order valence-electron chi connectivity index (χ1n) is 11.5. The number of hydrogen-bond acceptors (Lipinski definition) is 6. The molecular weight excluding hydrogens is 434 g/mol. The van der Waals surface area contributed by atoms with Crippen LogP contribution in [0.4, 0.5) is 0 Å². The summed E-state index contributed by atoms with van der Waals surface area (Å²) in [5, 5.41) is 6.23. The Kier molecular flexibility index (Phi) is 7.05. The fourth-order valence-corrected chi connectivity index (χ4v) is 4.35. The molecule has 1 aliphatic carbocycles. The van der Waals surface area contributed by atoms with Gasteiger partial charge in [-0.25, -0.2) is 5.01 Å². The minimum absolute atomic E-state index is 0.0154. The van der Waals surface area contributed by atoms with Gasteiger partial charge in [-0.05, 0) is 42.7 Å². The molecule has 0 aromatic heterocycles. The van der Waals surface area contributed by atoms with Gasteiger partial charge in [0.25, 0.3) is 5.91 Å². The third-order valence-corrected chi connectivity index (χ3v) is 6.59. The average molecular weight is 466 g/mol. The first-order valence-corrected chi connectivity index (χ1v) is 11.5. The van der Waals surface area contributed by atoms with Crippen LogP contribution >= 0.6 is 0 Å². The Morgan fingerprint density at radius 2 is 1.68 bits per heavy atom. The third kappa shape index (κ3) is 4.71. The molecule has 1 aliphatic heterocycles. The van der Waals surface area contributed by atoms with E-state index in [0.717, 1.165) is 41.9 Å². The van der Waals surface area contributed by atoms with E-state index in [2.05, 4.69) is 0 Å². The van der Waals surface area contributed by atoms with Crippen LogP contribution in [0.3, 0.4) is 0 Å². The van der Waals surface area contributed by atoms with Crippen LogP contribution in [0.1, 0.15) is 42.9 Å². The maximum Gasteiger partial charge on any atom is 0.262 e. The summed E-state index contributed by atoms with van der Waals surface area (Å²) in [5.41, 5.74) is 2.48. The largest absolute Gasteiger partial charge is 0.497 e. The normalized spacial score (nSPS) is 17.6. The molecule has 0 saturated heterocycles. The number of ether oxygens (including phenoxy) is 3. The van der Waals surface area contributed by atoms with Crippen LogP contribution in [0.5, 0.6) is 17.2 Å². The molecule has 0 bridgehead atoms. The van der Waals surface area contributed by atoms with Crippen LogP contribution in [-0.2, 0) is 9.59 Å². The topological polar surface area (TPSA) is 80.7 Å². The van der Waals surface area contributed by atoms with E-state index in [-0.39, 0.29) is 30.3 Å². The molecule has 2 aromatic carbocycles. The molecule has 8 heteroatoms. The molecule has 1 atom stereocenters. The summed E-state index contributed by atoms with van der Waals surface area (Å²) in [6, 6.07) is 12.9. The van der Waals surface area contributed by atoms with Gasteiger partial charge in [0.2, 0.25) is 5.91 Å². The Morgan fingerprint density at radius 3 is 2.26 bits per heavy atom. The average Bonchev–Trinajstić information content (AvgIpc) is 3.27. The van der Waals surface area contributed by atoms with E-state index in [1.165, 1.54) is 9.91 Å². The Labute approximate surface area is 200 Å².